The van der Waals surface area contributed by atoms with E-state index in [2.05, 4.69) is 6.92 Å². The van der Waals surface area contributed by atoms with E-state index >= 15 is 0 Å². The summed E-state index contributed by atoms with van der Waals surface area (Å²) in [5.41, 5.74) is 2.98. The summed E-state index contributed by atoms with van der Waals surface area (Å²) in [5, 5.41) is 9.32. The molecule has 3 aromatic carbocycles. The lowest BCUT2D eigenvalue weighted by molar-refractivity contribution is -0.137. The summed E-state index contributed by atoms with van der Waals surface area (Å²) in [5.74, 6) is 1.20. The number of hydrogen-bond acceptors (Lipinski definition) is 4. The largest absolute Gasteiger partial charge is 0.497 e. The third-order valence-electron chi connectivity index (χ3n) is 6.54. The number of halogens is 1. The predicted octanol–water partition coefficient (Wildman–Crippen LogP) is 7.23. The molecule has 190 valence electrons. The summed E-state index contributed by atoms with van der Waals surface area (Å²) in [6.07, 6.45) is 4.17. The van der Waals surface area contributed by atoms with Gasteiger partial charge < -0.3 is 19.3 Å². The van der Waals surface area contributed by atoms with Gasteiger partial charge in [-0.2, -0.15) is 0 Å². The lowest BCUT2D eigenvalue weighted by Crippen LogP contribution is -2.08. The van der Waals surface area contributed by atoms with Crippen LogP contribution in [0.2, 0.25) is 0 Å². The highest BCUT2D eigenvalue weighted by atomic mass is 19.1. The van der Waals surface area contributed by atoms with Crippen LogP contribution in [0, 0.1) is 11.7 Å². The average molecular weight is 493 g/mol. The van der Waals surface area contributed by atoms with Crippen molar-refractivity contribution in [3.05, 3.63) is 77.6 Å². The lowest BCUT2D eigenvalue weighted by atomic mass is 9.91. The Morgan fingerprint density at radius 1 is 1.03 bits per heavy atom. The molecule has 36 heavy (non-hydrogen) atoms. The molecule has 1 N–H and O–H groups in total. The first-order chi connectivity index (χ1) is 17.5. The Kier molecular flexibility index (Phi) is 8.47. The van der Waals surface area contributed by atoms with Gasteiger partial charge in [-0.25, -0.2) is 4.39 Å². The molecule has 0 bridgehead atoms. The lowest BCUT2D eigenvalue weighted by Gasteiger charge is -2.17. The van der Waals surface area contributed by atoms with Gasteiger partial charge in [-0.05, 0) is 78.6 Å². The van der Waals surface area contributed by atoms with Crippen molar-refractivity contribution in [1.29, 1.82) is 0 Å². The van der Waals surface area contributed by atoms with E-state index in [1.807, 2.05) is 42.5 Å². The van der Waals surface area contributed by atoms with Crippen molar-refractivity contribution in [2.24, 2.45) is 5.92 Å². The van der Waals surface area contributed by atoms with Crippen LogP contribution in [0.1, 0.15) is 56.1 Å². The van der Waals surface area contributed by atoms with E-state index < -0.39 is 5.97 Å². The van der Waals surface area contributed by atoms with Crippen LogP contribution in [0.5, 0.6) is 17.2 Å². The molecule has 1 atom stereocenters. The maximum Gasteiger partial charge on any atom is 0.303 e. The normalized spacial score (nSPS) is 13.8. The van der Waals surface area contributed by atoms with Crippen molar-refractivity contribution in [1.82, 2.24) is 0 Å². The predicted molar refractivity (Wildman–Crippen MR) is 137 cm³/mol. The monoisotopic (exact) mass is 492 g/mol. The van der Waals surface area contributed by atoms with Gasteiger partial charge in [-0.15, -0.1) is 0 Å². The number of hydrogen-bond donors (Lipinski definition) is 1. The molecule has 6 heteroatoms. The molecule has 5 nitrogen and oxygen atoms in total. The summed E-state index contributed by atoms with van der Waals surface area (Å²) in [6, 6.07) is 18.0. The van der Waals surface area contributed by atoms with Crippen LogP contribution < -0.4 is 14.2 Å². The molecule has 4 rings (SSSR count). The summed E-state index contributed by atoms with van der Waals surface area (Å²) in [6.45, 7) is 2.93. The van der Waals surface area contributed by atoms with Gasteiger partial charge in [0.2, 0.25) is 0 Å². The number of carboxylic acids is 1. The summed E-state index contributed by atoms with van der Waals surface area (Å²) in [7, 11) is 1.56. The third kappa shape index (κ3) is 6.56. The number of ether oxygens (including phenoxy) is 3. The van der Waals surface area contributed by atoms with Crippen LogP contribution in [0.4, 0.5) is 4.39 Å². The van der Waals surface area contributed by atoms with Crippen LogP contribution >= 0.6 is 0 Å². The Morgan fingerprint density at radius 2 is 1.86 bits per heavy atom. The van der Waals surface area contributed by atoms with Crippen molar-refractivity contribution in [2.45, 2.75) is 51.6 Å². The number of rotatable bonds is 13. The highest BCUT2D eigenvalue weighted by Crippen LogP contribution is 2.45. The topological polar surface area (TPSA) is 65.0 Å². The van der Waals surface area contributed by atoms with Crippen LogP contribution in [-0.4, -0.2) is 24.8 Å². The van der Waals surface area contributed by atoms with Gasteiger partial charge in [0.05, 0.1) is 20.1 Å². The molecule has 0 heterocycles. The molecular weight excluding hydrogens is 459 g/mol. The number of benzene rings is 3. The van der Waals surface area contributed by atoms with E-state index in [1.54, 1.807) is 19.2 Å². The zero-order valence-electron chi connectivity index (χ0n) is 20.8. The summed E-state index contributed by atoms with van der Waals surface area (Å²) in [4.78, 5) is 11.4. The number of aliphatic carboxylic acids is 1. The standard InChI is InChI=1S/C30H33FO5/c1-3-4-14-35-29-15-20(8-12-25(29)27-17-23(34-2)11-13-28(27)31)19-36-24-7-5-6-22(16-24)26(18-30(32)33)21-9-10-21/h5-8,11-13,15-17,21,26H,3-4,9-10,14,18-19H2,1-2H3,(H,32,33)/t26-/m0/s1. The molecule has 1 fully saturated rings. The molecule has 1 saturated carbocycles. The van der Waals surface area contributed by atoms with Gasteiger partial charge in [0.15, 0.2) is 0 Å². The maximum atomic E-state index is 14.7. The van der Waals surface area contributed by atoms with E-state index in [0.717, 1.165) is 36.8 Å². The molecule has 0 unspecified atom stereocenters. The average Bonchev–Trinajstić information content (AvgIpc) is 3.72. The fourth-order valence-corrected chi connectivity index (χ4v) is 4.41. The first kappa shape index (κ1) is 25.5. The Bertz CT molecular complexity index is 1190. The molecule has 0 saturated heterocycles. The van der Waals surface area contributed by atoms with Gasteiger partial charge in [0, 0.05) is 11.1 Å². The minimum absolute atomic E-state index is 0.0154. The van der Waals surface area contributed by atoms with Gasteiger partial charge in [-0.3, -0.25) is 4.79 Å². The highest BCUT2D eigenvalue weighted by molar-refractivity contribution is 5.72. The fourth-order valence-electron chi connectivity index (χ4n) is 4.41. The molecule has 3 aromatic rings. The smallest absolute Gasteiger partial charge is 0.303 e. The Balaban J connectivity index is 1.54. The van der Waals surface area contributed by atoms with Crippen LogP contribution in [0.25, 0.3) is 11.1 Å². The first-order valence-electron chi connectivity index (χ1n) is 12.5. The fraction of sp³-hybridized carbons (Fsp3) is 0.367. The van der Waals surface area contributed by atoms with Crippen LogP contribution in [0.3, 0.4) is 0 Å². The third-order valence-corrected chi connectivity index (χ3v) is 6.54. The molecule has 0 aromatic heterocycles. The first-order valence-corrected chi connectivity index (χ1v) is 12.5. The van der Waals surface area contributed by atoms with E-state index in [9.17, 15) is 14.3 Å². The van der Waals surface area contributed by atoms with Crippen molar-refractivity contribution in [3.63, 3.8) is 0 Å². The van der Waals surface area contributed by atoms with Gasteiger partial charge in [0.1, 0.15) is 29.7 Å². The van der Waals surface area contributed by atoms with E-state index in [4.69, 9.17) is 14.2 Å². The summed E-state index contributed by atoms with van der Waals surface area (Å²) < 4.78 is 32.1. The molecule has 0 radical (unpaired) electrons. The minimum atomic E-state index is -0.776. The van der Waals surface area contributed by atoms with Gasteiger partial charge in [-0.1, -0.05) is 37.6 Å². The second-order valence-corrected chi connectivity index (χ2v) is 9.28. The van der Waals surface area contributed by atoms with E-state index in [0.29, 0.717) is 47.5 Å². The number of carbonyl (C=O) groups is 1. The molecular formula is C30H33FO5. The van der Waals surface area contributed by atoms with Crippen molar-refractivity contribution < 1.29 is 28.5 Å². The van der Waals surface area contributed by atoms with Gasteiger partial charge in [0.25, 0.3) is 0 Å². The Labute approximate surface area is 211 Å². The molecule has 1 aliphatic carbocycles. The minimum Gasteiger partial charge on any atom is -0.497 e. The Morgan fingerprint density at radius 3 is 2.58 bits per heavy atom. The van der Waals surface area contributed by atoms with Crippen molar-refractivity contribution in [3.8, 4) is 28.4 Å². The van der Waals surface area contributed by atoms with E-state index in [1.165, 1.54) is 6.07 Å². The zero-order valence-corrected chi connectivity index (χ0v) is 20.8. The summed E-state index contributed by atoms with van der Waals surface area (Å²) >= 11 is 0. The zero-order chi connectivity index (χ0) is 25.5. The molecule has 1 aliphatic rings. The van der Waals surface area contributed by atoms with E-state index in [-0.39, 0.29) is 18.2 Å². The Hall–Kier alpha value is -3.54. The SMILES string of the molecule is CCCCOc1cc(COc2cccc([C@@H](CC(=O)O)C3CC3)c2)ccc1-c1cc(OC)ccc1F. The number of carboxylic acid groups (broad SMARTS) is 1. The van der Waals surface area contributed by atoms with Gasteiger partial charge >= 0.3 is 5.97 Å². The van der Waals surface area contributed by atoms with Crippen LogP contribution in [0.15, 0.2) is 60.7 Å². The number of methoxy groups -OCH3 is 1. The molecule has 0 amide bonds. The van der Waals surface area contributed by atoms with Crippen molar-refractivity contribution >= 4 is 5.97 Å². The highest BCUT2D eigenvalue weighted by Gasteiger charge is 2.33. The number of unbranched alkanes of at least 4 members (excludes halogenated alkanes) is 1. The quantitative estimate of drug-likeness (QED) is 0.255. The van der Waals surface area contributed by atoms with Crippen LogP contribution in [-0.2, 0) is 11.4 Å². The second kappa shape index (κ2) is 11.9. The molecule has 0 spiro atoms. The maximum absolute atomic E-state index is 14.7. The second-order valence-electron chi connectivity index (χ2n) is 9.28. The van der Waals surface area contributed by atoms with Crippen molar-refractivity contribution in [2.75, 3.05) is 13.7 Å². The molecule has 0 aliphatic heterocycles.